The molecule has 0 unspecified atom stereocenters. The van der Waals surface area contributed by atoms with Crippen molar-refractivity contribution in [1.29, 1.82) is 0 Å². The third-order valence-corrected chi connectivity index (χ3v) is 3.53. The van der Waals surface area contributed by atoms with Gasteiger partial charge in [0.15, 0.2) is 0 Å². The summed E-state index contributed by atoms with van der Waals surface area (Å²) >= 11 is 0. The SMILES string of the molecule is CC(C)OC(=O)CCc1cccc(CCC(=O)O)c1CCC(=O)O. The summed E-state index contributed by atoms with van der Waals surface area (Å²) in [4.78, 5) is 33.4. The Morgan fingerprint density at radius 1 is 0.917 bits per heavy atom. The van der Waals surface area contributed by atoms with E-state index in [0.29, 0.717) is 19.3 Å². The molecule has 0 amide bonds. The predicted octanol–water partition coefficient (Wildman–Crippen LogP) is 2.61. The van der Waals surface area contributed by atoms with E-state index >= 15 is 0 Å². The maximum absolute atomic E-state index is 11.7. The van der Waals surface area contributed by atoms with Crippen molar-refractivity contribution < 1.29 is 29.3 Å². The Morgan fingerprint density at radius 2 is 1.42 bits per heavy atom. The van der Waals surface area contributed by atoms with Crippen molar-refractivity contribution >= 4 is 17.9 Å². The third-order valence-electron chi connectivity index (χ3n) is 3.53. The molecular weight excluding hydrogens is 312 g/mol. The number of benzene rings is 1. The summed E-state index contributed by atoms with van der Waals surface area (Å²) < 4.78 is 5.11. The number of rotatable bonds is 10. The Bertz CT molecular complexity index is 591. The Kier molecular flexibility index (Phi) is 7.95. The Morgan fingerprint density at radius 3 is 1.92 bits per heavy atom. The van der Waals surface area contributed by atoms with Crippen molar-refractivity contribution in [3.63, 3.8) is 0 Å². The Labute approximate surface area is 141 Å². The molecule has 2 N–H and O–H groups in total. The molecule has 0 saturated carbocycles. The molecule has 6 heteroatoms. The van der Waals surface area contributed by atoms with Gasteiger partial charge in [0.1, 0.15) is 0 Å². The molecule has 0 spiro atoms. The standard InChI is InChI=1S/C18H24O6/c1-12(2)24-18(23)11-7-14-5-3-4-13(6-9-16(19)20)15(14)8-10-17(21)22/h3-5,12H,6-11H2,1-2H3,(H,19,20)(H,21,22). The smallest absolute Gasteiger partial charge is 0.306 e. The van der Waals surface area contributed by atoms with Gasteiger partial charge in [-0.2, -0.15) is 0 Å². The molecule has 132 valence electrons. The van der Waals surface area contributed by atoms with E-state index in [-0.39, 0.29) is 31.3 Å². The van der Waals surface area contributed by atoms with E-state index in [4.69, 9.17) is 14.9 Å². The van der Waals surface area contributed by atoms with Crippen LogP contribution in [0.3, 0.4) is 0 Å². The Hall–Kier alpha value is -2.37. The quantitative estimate of drug-likeness (QED) is 0.637. The number of carboxylic acids is 2. The van der Waals surface area contributed by atoms with Gasteiger partial charge in [0, 0.05) is 19.3 Å². The number of ether oxygens (including phenoxy) is 1. The van der Waals surface area contributed by atoms with Crippen LogP contribution in [0.1, 0.15) is 49.8 Å². The second-order valence-electron chi connectivity index (χ2n) is 5.88. The summed E-state index contributed by atoms with van der Waals surface area (Å²) in [6.07, 6.45) is 1.09. The number of carbonyl (C=O) groups excluding carboxylic acids is 1. The highest BCUT2D eigenvalue weighted by molar-refractivity contribution is 5.70. The van der Waals surface area contributed by atoms with Crippen molar-refractivity contribution in [2.75, 3.05) is 0 Å². The number of hydrogen-bond donors (Lipinski definition) is 2. The molecule has 1 rings (SSSR count). The fourth-order valence-corrected chi connectivity index (χ4v) is 2.51. The third kappa shape index (κ3) is 7.26. The Balaban J connectivity index is 2.90. The number of hydrogen-bond acceptors (Lipinski definition) is 4. The zero-order valence-electron chi connectivity index (χ0n) is 14.1. The van der Waals surface area contributed by atoms with E-state index in [0.717, 1.165) is 16.7 Å². The summed E-state index contributed by atoms with van der Waals surface area (Å²) in [5.41, 5.74) is 2.53. The average molecular weight is 336 g/mol. The van der Waals surface area contributed by atoms with Gasteiger partial charge in [-0.15, -0.1) is 0 Å². The van der Waals surface area contributed by atoms with E-state index in [1.807, 2.05) is 18.2 Å². The molecule has 24 heavy (non-hydrogen) atoms. The largest absolute Gasteiger partial charge is 0.481 e. The number of carbonyl (C=O) groups is 3. The van der Waals surface area contributed by atoms with Crippen molar-refractivity contribution in [3.8, 4) is 0 Å². The molecule has 0 saturated heterocycles. The van der Waals surface area contributed by atoms with Crippen LogP contribution in [0.5, 0.6) is 0 Å². The van der Waals surface area contributed by atoms with E-state index in [1.165, 1.54) is 0 Å². The minimum atomic E-state index is -0.909. The topological polar surface area (TPSA) is 101 Å². The molecule has 0 radical (unpaired) electrons. The van der Waals surface area contributed by atoms with Crippen LogP contribution < -0.4 is 0 Å². The molecule has 0 aliphatic carbocycles. The zero-order valence-corrected chi connectivity index (χ0v) is 14.1. The first-order chi connectivity index (χ1) is 11.3. The van der Waals surface area contributed by atoms with Gasteiger partial charge in [0.2, 0.25) is 0 Å². The molecule has 1 aromatic carbocycles. The average Bonchev–Trinajstić information content (AvgIpc) is 2.48. The van der Waals surface area contributed by atoms with Crippen LogP contribution in [0.4, 0.5) is 0 Å². The lowest BCUT2D eigenvalue weighted by Gasteiger charge is -2.14. The first kappa shape index (κ1) is 19.7. The molecule has 0 aliphatic rings. The molecule has 6 nitrogen and oxygen atoms in total. The second-order valence-corrected chi connectivity index (χ2v) is 5.88. The van der Waals surface area contributed by atoms with Crippen molar-refractivity contribution in [2.45, 2.75) is 58.5 Å². The van der Waals surface area contributed by atoms with Crippen LogP contribution in [-0.4, -0.2) is 34.2 Å². The highest BCUT2D eigenvalue weighted by Gasteiger charge is 2.13. The fraction of sp³-hybridized carbons (Fsp3) is 0.500. The molecule has 0 heterocycles. The van der Waals surface area contributed by atoms with Gasteiger partial charge in [0.25, 0.3) is 0 Å². The van der Waals surface area contributed by atoms with E-state index in [1.54, 1.807) is 13.8 Å². The molecule has 0 atom stereocenters. The first-order valence-corrected chi connectivity index (χ1v) is 8.02. The first-order valence-electron chi connectivity index (χ1n) is 8.02. The zero-order chi connectivity index (χ0) is 18.1. The maximum atomic E-state index is 11.7. The summed E-state index contributed by atoms with van der Waals surface area (Å²) in [5.74, 6) is -2.11. The lowest BCUT2D eigenvalue weighted by atomic mass is 9.92. The summed E-state index contributed by atoms with van der Waals surface area (Å²) in [6.45, 7) is 3.56. The van der Waals surface area contributed by atoms with Crippen LogP contribution in [0, 0.1) is 0 Å². The van der Waals surface area contributed by atoms with E-state index < -0.39 is 11.9 Å². The minimum Gasteiger partial charge on any atom is -0.481 e. The van der Waals surface area contributed by atoms with Gasteiger partial charge >= 0.3 is 17.9 Å². The summed E-state index contributed by atoms with van der Waals surface area (Å²) in [5, 5.41) is 17.8. The molecule has 0 bridgehead atoms. The number of esters is 1. The number of carboxylic acid groups (broad SMARTS) is 2. The van der Waals surface area contributed by atoms with E-state index in [9.17, 15) is 14.4 Å². The van der Waals surface area contributed by atoms with Crippen molar-refractivity contribution in [1.82, 2.24) is 0 Å². The molecule has 0 aliphatic heterocycles. The number of aryl methyl sites for hydroxylation is 2. The van der Waals surface area contributed by atoms with Gasteiger partial charge < -0.3 is 14.9 Å². The second kappa shape index (κ2) is 9.70. The van der Waals surface area contributed by atoms with Crippen LogP contribution in [0.2, 0.25) is 0 Å². The van der Waals surface area contributed by atoms with Gasteiger partial charge in [-0.25, -0.2) is 0 Å². The van der Waals surface area contributed by atoms with E-state index in [2.05, 4.69) is 0 Å². The monoisotopic (exact) mass is 336 g/mol. The highest BCUT2D eigenvalue weighted by Crippen LogP contribution is 2.21. The van der Waals surface area contributed by atoms with Crippen molar-refractivity contribution in [3.05, 3.63) is 34.9 Å². The molecule has 0 fully saturated rings. The lowest BCUT2D eigenvalue weighted by molar-refractivity contribution is -0.147. The van der Waals surface area contributed by atoms with Gasteiger partial charge in [-0.3, -0.25) is 14.4 Å². The molecule has 1 aromatic rings. The predicted molar refractivity (Wildman–Crippen MR) is 87.9 cm³/mol. The fourth-order valence-electron chi connectivity index (χ4n) is 2.51. The normalized spacial score (nSPS) is 10.6. The molecule has 0 aromatic heterocycles. The van der Waals surface area contributed by atoms with Crippen LogP contribution in [-0.2, 0) is 38.4 Å². The van der Waals surface area contributed by atoms with Crippen LogP contribution in [0.15, 0.2) is 18.2 Å². The highest BCUT2D eigenvalue weighted by atomic mass is 16.5. The lowest BCUT2D eigenvalue weighted by Crippen LogP contribution is -2.13. The van der Waals surface area contributed by atoms with Gasteiger partial charge in [-0.1, -0.05) is 18.2 Å². The van der Waals surface area contributed by atoms with Gasteiger partial charge in [0.05, 0.1) is 6.10 Å². The van der Waals surface area contributed by atoms with Gasteiger partial charge in [-0.05, 0) is 49.8 Å². The van der Waals surface area contributed by atoms with Crippen LogP contribution >= 0.6 is 0 Å². The summed E-state index contributed by atoms with van der Waals surface area (Å²) in [7, 11) is 0. The van der Waals surface area contributed by atoms with Crippen LogP contribution in [0.25, 0.3) is 0 Å². The number of aliphatic carboxylic acids is 2. The molecular formula is C18H24O6. The summed E-state index contributed by atoms with van der Waals surface area (Å²) in [6, 6.07) is 5.48. The maximum Gasteiger partial charge on any atom is 0.306 e. The minimum absolute atomic E-state index is 0.0150. The van der Waals surface area contributed by atoms with Crippen molar-refractivity contribution in [2.24, 2.45) is 0 Å².